The first-order chi connectivity index (χ1) is 7.13. The van der Waals surface area contributed by atoms with Crippen LogP contribution in [0.5, 0.6) is 5.88 Å². The molecule has 0 spiro atoms. The zero-order chi connectivity index (χ0) is 11.3. The molecule has 0 saturated heterocycles. The topological polar surface area (TPSA) is 51.4 Å². The van der Waals surface area contributed by atoms with Gasteiger partial charge in [-0.05, 0) is 19.4 Å². The number of hydrogen-bond donors (Lipinski definition) is 1. The van der Waals surface area contributed by atoms with Crippen molar-refractivity contribution in [3.63, 3.8) is 0 Å². The monoisotopic (exact) mass is 209 g/mol. The van der Waals surface area contributed by atoms with E-state index in [2.05, 4.69) is 9.88 Å². The molecular formula is C11H19N3O. The van der Waals surface area contributed by atoms with Crippen molar-refractivity contribution in [2.45, 2.75) is 19.4 Å². The molecule has 84 valence electrons. The molecule has 4 heteroatoms. The van der Waals surface area contributed by atoms with Gasteiger partial charge in [0.1, 0.15) is 5.82 Å². The third-order valence-corrected chi connectivity index (χ3v) is 2.23. The highest BCUT2D eigenvalue weighted by atomic mass is 16.5. The number of nitrogens with zero attached hydrogens (tertiary/aromatic N) is 2. The fourth-order valence-electron chi connectivity index (χ4n) is 1.24. The number of anilines is 1. The Morgan fingerprint density at radius 2 is 2.27 bits per heavy atom. The normalized spacial score (nSPS) is 12.3. The highest BCUT2D eigenvalue weighted by Crippen LogP contribution is 2.14. The summed E-state index contributed by atoms with van der Waals surface area (Å²) >= 11 is 0. The summed E-state index contributed by atoms with van der Waals surface area (Å²) in [5.41, 5.74) is 5.70. The highest BCUT2D eigenvalue weighted by molar-refractivity contribution is 5.39. The Morgan fingerprint density at radius 1 is 1.53 bits per heavy atom. The molecule has 0 aliphatic carbocycles. The molecule has 0 aliphatic rings. The molecule has 1 unspecified atom stereocenters. The lowest BCUT2D eigenvalue weighted by Crippen LogP contribution is -2.26. The maximum absolute atomic E-state index is 5.70. The molecule has 0 aromatic carbocycles. The molecule has 0 aliphatic heterocycles. The van der Waals surface area contributed by atoms with Gasteiger partial charge in [0.2, 0.25) is 5.88 Å². The standard InChI is InChI=1S/C11H19N3O/c1-9(12)7-8-14(2)10-5-4-6-11(13-10)15-3/h4-6,9H,7-8,12H2,1-3H3. The van der Waals surface area contributed by atoms with Crippen LogP contribution in [-0.2, 0) is 0 Å². The molecule has 15 heavy (non-hydrogen) atoms. The second-order valence-electron chi connectivity index (χ2n) is 3.73. The Hall–Kier alpha value is -1.29. The average Bonchev–Trinajstić information content (AvgIpc) is 2.26. The molecule has 1 atom stereocenters. The van der Waals surface area contributed by atoms with Gasteiger partial charge in [-0.1, -0.05) is 6.07 Å². The number of aromatic nitrogens is 1. The van der Waals surface area contributed by atoms with Gasteiger partial charge in [-0.2, -0.15) is 4.98 Å². The molecule has 1 aromatic heterocycles. The van der Waals surface area contributed by atoms with E-state index in [0.29, 0.717) is 5.88 Å². The van der Waals surface area contributed by atoms with Crippen LogP contribution in [-0.4, -0.2) is 31.7 Å². The van der Waals surface area contributed by atoms with Crippen LogP contribution in [0.15, 0.2) is 18.2 Å². The quantitative estimate of drug-likeness (QED) is 0.793. The van der Waals surface area contributed by atoms with Crippen molar-refractivity contribution in [3.05, 3.63) is 18.2 Å². The number of hydrogen-bond acceptors (Lipinski definition) is 4. The summed E-state index contributed by atoms with van der Waals surface area (Å²) in [6.07, 6.45) is 0.954. The molecule has 1 aromatic rings. The molecule has 4 nitrogen and oxygen atoms in total. The van der Waals surface area contributed by atoms with Gasteiger partial charge in [-0.25, -0.2) is 0 Å². The summed E-state index contributed by atoms with van der Waals surface area (Å²) in [6.45, 7) is 2.91. The lowest BCUT2D eigenvalue weighted by atomic mass is 10.2. The van der Waals surface area contributed by atoms with Crippen molar-refractivity contribution in [1.82, 2.24) is 4.98 Å². The van der Waals surface area contributed by atoms with Gasteiger partial charge in [0.25, 0.3) is 0 Å². The van der Waals surface area contributed by atoms with E-state index in [1.54, 1.807) is 7.11 Å². The van der Waals surface area contributed by atoms with Crippen molar-refractivity contribution in [2.24, 2.45) is 5.73 Å². The lowest BCUT2D eigenvalue weighted by molar-refractivity contribution is 0.398. The van der Waals surface area contributed by atoms with Gasteiger partial charge in [0, 0.05) is 25.7 Å². The Kier molecular flexibility index (Phi) is 4.37. The minimum Gasteiger partial charge on any atom is -0.481 e. The summed E-state index contributed by atoms with van der Waals surface area (Å²) in [5.74, 6) is 1.55. The van der Waals surface area contributed by atoms with Crippen molar-refractivity contribution in [3.8, 4) is 5.88 Å². The van der Waals surface area contributed by atoms with E-state index in [-0.39, 0.29) is 6.04 Å². The fourth-order valence-corrected chi connectivity index (χ4v) is 1.24. The van der Waals surface area contributed by atoms with E-state index in [4.69, 9.17) is 10.5 Å². The molecule has 0 amide bonds. The summed E-state index contributed by atoms with van der Waals surface area (Å²) in [7, 11) is 3.62. The van der Waals surface area contributed by atoms with Crippen LogP contribution in [0.4, 0.5) is 5.82 Å². The first-order valence-electron chi connectivity index (χ1n) is 5.11. The Morgan fingerprint density at radius 3 is 2.87 bits per heavy atom. The highest BCUT2D eigenvalue weighted by Gasteiger charge is 2.04. The first kappa shape index (κ1) is 11.8. The van der Waals surface area contributed by atoms with Gasteiger partial charge in [-0.3, -0.25) is 0 Å². The van der Waals surface area contributed by atoms with Crippen molar-refractivity contribution >= 4 is 5.82 Å². The van der Waals surface area contributed by atoms with Gasteiger partial charge in [0.15, 0.2) is 0 Å². The second-order valence-corrected chi connectivity index (χ2v) is 3.73. The SMILES string of the molecule is COc1cccc(N(C)CCC(C)N)n1. The van der Waals surface area contributed by atoms with E-state index < -0.39 is 0 Å². The van der Waals surface area contributed by atoms with E-state index in [0.717, 1.165) is 18.8 Å². The molecule has 0 fully saturated rings. The first-order valence-corrected chi connectivity index (χ1v) is 5.11. The molecule has 0 bridgehead atoms. The zero-order valence-electron chi connectivity index (χ0n) is 9.60. The summed E-state index contributed by atoms with van der Waals surface area (Å²) in [5, 5.41) is 0. The summed E-state index contributed by atoms with van der Waals surface area (Å²) in [6, 6.07) is 5.95. The smallest absolute Gasteiger partial charge is 0.214 e. The Balaban J connectivity index is 2.60. The number of rotatable bonds is 5. The largest absolute Gasteiger partial charge is 0.481 e. The maximum Gasteiger partial charge on any atom is 0.214 e. The van der Waals surface area contributed by atoms with E-state index >= 15 is 0 Å². The van der Waals surface area contributed by atoms with Crippen molar-refractivity contribution < 1.29 is 4.74 Å². The van der Waals surface area contributed by atoms with Crippen molar-refractivity contribution in [2.75, 3.05) is 25.6 Å². The second kappa shape index (κ2) is 5.56. The molecule has 1 heterocycles. The summed E-state index contributed by atoms with van der Waals surface area (Å²) < 4.78 is 5.07. The molecule has 2 N–H and O–H groups in total. The van der Waals surface area contributed by atoms with Gasteiger partial charge in [0.05, 0.1) is 7.11 Å². The third kappa shape index (κ3) is 3.75. The van der Waals surface area contributed by atoms with Gasteiger partial charge in [-0.15, -0.1) is 0 Å². The fraction of sp³-hybridized carbons (Fsp3) is 0.545. The van der Waals surface area contributed by atoms with Gasteiger partial charge < -0.3 is 15.4 Å². The van der Waals surface area contributed by atoms with Crippen LogP contribution in [0.1, 0.15) is 13.3 Å². The van der Waals surface area contributed by atoms with Crippen LogP contribution in [0, 0.1) is 0 Å². The molecule has 1 rings (SSSR count). The van der Waals surface area contributed by atoms with E-state index in [9.17, 15) is 0 Å². The lowest BCUT2D eigenvalue weighted by Gasteiger charge is -2.19. The van der Waals surface area contributed by atoms with Crippen LogP contribution in [0.2, 0.25) is 0 Å². The predicted octanol–water partition coefficient (Wildman–Crippen LogP) is 1.26. The number of methoxy groups -OCH3 is 1. The average molecular weight is 209 g/mol. The van der Waals surface area contributed by atoms with Crippen LogP contribution in [0.3, 0.4) is 0 Å². The molecule has 0 saturated carbocycles. The molecule has 0 radical (unpaired) electrons. The van der Waals surface area contributed by atoms with Crippen molar-refractivity contribution in [1.29, 1.82) is 0 Å². The predicted molar refractivity (Wildman–Crippen MR) is 62.3 cm³/mol. The Labute approximate surface area is 91.1 Å². The minimum atomic E-state index is 0.220. The summed E-state index contributed by atoms with van der Waals surface area (Å²) in [4.78, 5) is 6.41. The zero-order valence-corrected chi connectivity index (χ0v) is 9.60. The Bertz CT molecular complexity index is 302. The maximum atomic E-state index is 5.70. The number of ether oxygens (including phenoxy) is 1. The minimum absolute atomic E-state index is 0.220. The number of nitrogens with two attached hydrogens (primary N) is 1. The van der Waals surface area contributed by atoms with Crippen LogP contribution >= 0.6 is 0 Å². The third-order valence-electron chi connectivity index (χ3n) is 2.23. The van der Waals surface area contributed by atoms with Gasteiger partial charge >= 0.3 is 0 Å². The number of pyridine rings is 1. The van der Waals surface area contributed by atoms with Crippen LogP contribution in [0.25, 0.3) is 0 Å². The van der Waals surface area contributed by atoms with E-state index in [1.807, 2.05) is 32.2 Å². The van der Waals surface area contributed by atoms with E-state index in [1.165, 1.54) is 0 Å². The molecular weight excluding hydrogens is 190 g/mol. The van der Waals surface area contributed by atoms with Crippen LogP contribution < -0.4 is 15.4 Å².